The molecule has 0 fully saturated rings. The number of benzene rings is 1. The molecule has 0 atom stereocenters. The van der Waals surface area contributed by atoms with E-state index in [0.29, 0.717) is 0 Å². The van der Waals surface area contributed by atoms with Gasteiger partial charge in [0, 0.05) is 29.5 Å². The Morgan fingerprint density at radius 2 is 2.00 bits per heavy atom. The minimum Gasteiger partial charge on any atom is -0.505 e. The molecule has 1 aliphatic rings. The van der Waals surface area contributed by atoms with E-state index >= 15 is 0 Å². The van der Waals surface area contributed by atoms with Crippen LogP contribution in [0.4, 0.5) is 5.69 Å². The Bertz CT molecular complexity index is 1080. The van der Waals surface area contributed by atoms with E-state index in [1.165, 1.54) is 42.3 Å². The van der Waals surface area contributed by atoms with Gasteiger partial charge in [0.05, 0.1) is 12.6 Å². The molecule has 6 heteroatoms. The molecular formula is C25H29N3O3. The number of hydrogen-bond acceptors (Lipinski definition) is 6. The van der Waals surface area contributed by atoms with Crippen LogP contribution in [0.15, 0.2) is 36.5 Å². The fraction of sp³-hybridized carbons (Fsp3) is 0.400. The molecule has 0 saturated carbocycles. The smallest absolute Gasteiger partial charge is 0.360 e. The summed E-state index contributed by atoms with van der Waals surface area (Å²) >= 11 is 0. The number of rotatable bonds is 8. The second-order valence-electron chi connectivity index (χ2n) is 8.08. The largest absolute Gasteiger partial charge is 0.505 e. The first-order valence-corrected chi connectivity index (χ1v) is 11.1. The van der Waals surface area contributed by atoms with Crippen molar-refractivity contribution in [2.24, 2.45) is 0 Å². The van der Waals surface area contributed by atoms with E-state index in [0.717, 1.165) is 56.1 Å². The molecule has 1 aromatic carbocycles. The van der Waals surface area contributed by atoms with Gasteiger partial charge in [-0.1, -0.05) is 24.6 Å². The lowest BCUT2D eigenvalue weighted by atomic mass is 9.92. The van der Waals surface area contributed by atoms with Gasteiger partial charge in [0.1, 0.15) is 5.75 Å². The minimum absolute atomic E-state index is 0.0386. The zero-order chi connectivity index (χ0) is 21.6. The molecule has 6 nitrogen and oxygen atoms in total. The molecule has 3 aromatic rings. The van der Waals surface area contributed by atoms with Gasteiger partial charge in [0.25, 0.3) is 0 Å². The summed E-state index contributed by atoms with van der Waals surface area (Å²) in [5.41, 5.74) is 5.89. The number of aryl methyl sites for hydroxylation is 2. The molecule has 162 valence electrons. The first kappa shape index (κ1) is 21.1. The van der Waals surface area contributed by atoms with Gasteiger partial charge in [0.15, 0.2) is 5.69 Å². The lowest BCUT2D eigenvalue weighted by molar-refractivity contribution is 0.0590. The lowest BCUT2D eigenvalue weighted by Crippen LogP contribution is -2.12. The van der Waals surface area contributed by atoms with Crippen LogP contribution in [-0.2, 0) is 24.0 Å². The molecule has 0 amide bonds. The zero-order valence-corrected chi connectivity index (χ0v) is 18.0. The van der Waals surface area contributed by atoms with Crippen LogP contribution in [0.25, 0.3) is 10.9 Å². The average molecular weight is 420 g/mol. The van der Waals surface area contributed by atoms with Gasteiger partial charge >= 0.3 is 5.97 Å². The number of pyridine rings is 2. The van der Waals surface area contributed by atoms with E-state index in [1.807, 2.05) is 0 Å². The molecule has 2 heterocycles. The second-order valence-corrected chi connectivity index (χ2v) is 8.08. The van der Waals surface area contributed by atoms with Crippen molar-refractivity contribution in [2.45, 2.75) is 51.4 Å². The van der Waals surface area contributed by atoms with Gasteiger partial charge in [0.2, 0.25) is 0 Å². The molecule has 31 heavy (non-hydrogen) atoms. The summed E-state index contributed by atoms with van der Waals surface area (Å²) in [7, 11) is 1.27. The SMILES string of the molecule is COC(=O)c1ncc(CCCCCNc2c3c(nc4ccccc24)CCCC3)cc1O. The third kappa shape index (κ3) is 4.79. The molecule has 0 aliphatic heterocycles. The van der Waals surface area contributed by atoms with E-state index in [4.69, 9.17) is 4.98 Å². The first-order chi connectivity index (χ1) is 15.2. The van der Waals surface area contributed by atoms with Crippen molar-refractivity contribution < 1.29 is 14.6 Å². The zero-order valence-electron chi connectivity index (χ0n) is 18.0. The van der Waals surface area contributed by atoms with E-state index in [-0.39, 0.29) is 11.4 Å². The maximum absolute atomic E-state index is 11.5. The van der Waals surface area contributed by atoms with Crippen molar-refractivity contribution in [1.82, 2.24) is 9.97 Å². The number of anilines is 1. The highest BCUT2D eigenvalue weighted by Crippen LogP contribution is 2.33. The van der Waals surface area contributed by atoms with Crippen molar-refractivity contribution in [1.29, 1.82) is 0 Å². The molecular weight excluding hydrogens is 390 g/mol. The Hall–Kier alpha value is -3.15. The Kier molecular flexibility index (Phi) is 6.65. The third-order valence-electron chi connectivity index (χ3n) is 5.92. The first-order valence-electron chi connectivity index (χ1n) is 11.1. The number of nitrogens with one attached hydrogen (secondary N) is 1. The van der Waals surface area contributed by atoms with Crippen LogP contribution in [0.1, 0.15) is 59.4 Å². The fourth-order valence-electron chi connectivity index (χ4n) is 4.30. The molecule has 4 rings (SSSR count). The highest BCUT2D eigenvalue weighted by molar-refractivity contribution is 5.93. The number of nitrogens with zero attached hydrogens (tertiary/aromatic N) is 2. The topological polar surface area (TPSA) is 84.3 Å². The maximum atomic E-state index is 11.5. The summed E-state index contributed by atoms with van der Waals surface area (Å²) in [5.74, 6) is -0.749. The number of aromatic hydroxyl groups is 1. The number of hydrogen-bond donors (Lipinski definition) is 2. The molecule has 0 unspecified atom stereocenters. The van der Waals surface area contributed by atoms with Crippen LogP contribution < -0.4 is 5.32 Å². The molecule has 0 bridgehead atoms. The predicted octanol–water partition coefficient (Wildman–Crippen LogP) is 4.83. The molecule has 0 spiro atoms. The second kappa shape index (κ2) is 9.77. The monoisotopic (exact) mass is 419 g/mol. The molecule has 0 radical (unpaired) electrons. The van der Waals surface area contributed by atoms with Gasteiger partial charge in [-0.05, 0) is 68.2 Å². The van der Waals surface area contributed by atoms with Crippen molar-refractivity contribution in [2.75, 3.05) is 19.0 Å². The fourth-order valence-corrected chi connectivity index (χ4v) is 4.30. The van der Waals surface area contributed by atoms with Crippen LogP contribution in [0, 0.1) is 0 Å². The summed E-state index contributed by atoms with van der Waals surface area (Å²) in [5, 5.41) is 14.9. The summed E-state index contributed by atoms with van der Waals surface area (Å²) < 4.78 is 4.61. The molecule has 2 N–H and O–H groups in total. The predicted molar refractivity (Wildman–Crippen MR) is 122 cm³/mol. The van der Waals surface area contributed by atoms with Gasteiger partial charge in [-0.15, -0.1) is 0 Å². The van der Waals surface area contributed by atoms with Crippen LogP contribution in [0.5, 0.6) is 5.75 Å². The molecule has 2 aromatic heterocycles. The van der Waals surface area contributed by atoms with Crippen molar-refractivity contribution in [3.63, 3.8) is 0 Å². The molecule has 1 aliphatic carbocycles. The highest BCUT2D eigenvalue weighted by atomic mass is 16.5. The quantitative estimate of drug-likeness (QED) is 0.402. The standard InChI is InChI=1S/C25H29N3O3/c1-31-25(30)24-22(29)15-17(16-27-24)9-3-2-8-14-26-23-18-10-4-6-12-20(18)28-21-13-7-5-11-19(21)23/h4,6,10,12,15-16,29H,2-3,5,7-9,11,13-14H2,1H3,(H,26,28). The number of ether oxygens (including phenoxy) is 1. The minimum atomic E-state index is -0.624. The number of carbonyl (C=O) groups excluding carboxylic acids is 1. The van der Waals surface area contributed by atoms with Crippen LogP contribution in [-0.4, -0.2) is 34.7 Å². The van der Waals surface area contributed by atoms with E-state index in [1.54, 1.807) is 12.3 Å². The number of esters is 1. The van der Waals surface area contributed by atoms with Crippen LogP contribution in [0.3, 0.4) is 0 Å². The third-order valence-corrected chi connectivity index (χ3v) is 5.92. The van der Waals surface area contributed by atoms with Gasteiger partial charge in [-0.2, -0.15) is 0 Å². The number of fused-ring (bicyclic) bond motifs is 2. The Labute approximate surface area is 182 Å². The highest BCUT2D eigenvalue weighted by Gasteiger charge is 2.18. The van der Waals surface area contributed by atoms with Crippen molar-refractivity contribution in [3.05, 3.63) is 59.0 Å². The van der Waals surface area contributed by atoms with E-state index < -0.39 is 5.97 Å². The van der Waals surface area contributed by atoms with Gasteiger partial charge in [-0.25, -0.2) is 9.78 Å². The number of unbranched alkanes of at least 4 members (excludes halogenated alkanes) is 2. The number of methoxy groups -OCH3 is 1. The lowest BCUT2D eigenvalue weighted by Gasteiger charge is -2.21. The summed E-state index contributed by atoms with van der Waals surface area (Å²) in [4.78, 5) is 20.4. The summed E-state index contributed by atoms with van der Waals surface area (Å²) in [6.45, 7) is 0.922. The summed E-state index contributed by atoms with van der Waals surface area (Å²) in [6.07, 6.45) is 10.2. The van der Waals surface area contributed by atoms with Crippen LogP contribution >= 0.6 is 0 Å². The average Bonchev–Trinajstić information content (AvgIpc) is 2.80. The van der Waals surface area contributed by atoms with E-state index in [9.17, 15) is 9.90 Å². The van der Waals surface area contributed by atoms with Crippen molar-refractivity contribution >= 4 is 22.6 Å². The molecule has 0 saturated heterocycles. The van der Waals surface area contributed by atoms with E-state index in [2.05, 4.69) is 39.3 Å². The van der Waals surface area contributed by atoms with Gasteiger partial charge in [-0.3, -0.25) is 4.98 Å². The Morgan fingerprint density at radius 1 is 1.16 bits per heavy atom. The van der Waals surface area contributed by atoms with Crippen LogP contribution in [0.2, 0.25) is 0 Å². The van der Waals surface area contributed by atoms with Gasteiger partial charge < -0.3 is 15.2 Å². The number of para-hydroxylation sites is 1. The number of aromatic nitrogens is 2. The normalized spacial score (nSPS) is 13.1. The Morgan fingerprint density at radius 3 is 2.84 bits per heavy atom. The maximum Gasteiger partial charge on any atom is 0.360 e. The number of carbonyl (C=O) groups is 1. The Balaban J connectivity index is 1.31. The van der Waals surface area contributed by atoms with Crippen molar-refractivity contribution in [3.8, 4) is 5.75 Å². The summed E-state index contributed by atoms with van der Waals surface area (Å²) in [6, 6.07) is 10.0.